The van der Waals surface area contributed by atoms with Gasteiger partial charge in [0.2, 0.25) is 0 Å². The van der Waals surface area contributed by atoms with Gasteiger partial charge in [-0.1, -0.05) is 17.7 Å². The number of amides is 1. The molecule has 0 aliphatic heterocycles. The number of anilines is 1. The summed E-state index contributed by atoms with van der Waals surface area (Å²) in [5.41, 5.74) is 0.0474. The van der Waals surface area contributed by atoms with E-state index in [9.17, 15) is 31.5 Å². The van der Waals surface area contributed by atoms with Crippen LogP contribution in [0.1, 0.15) is 0 Å². The fraction of sp³-hybridized carbons (Fsp3) is 0.0667. The second-order valence-electron chi connectivity index (χ2n) is 4.62. The normalized spacial score (nSPS) is 11.1. The first kappa shape index (κ1) is 18.7. The molecule has 0 saturated carbocycles. The van der Waals surface area contributed by atoms with Crippen molar-refractivity contribution in [2.45, 2.75) is 6.18 Å². The van der Waals surface area contributed by atoms with Crippen LogP contribution in [0.3, 0.4) is 0 Å². The third kappa shape index (κ3) is 4.66. The molecular weight excluding hydrogens is 373 g/mol. The number of benzene rings is 2. The van der Waals surface area contributed by atoms with Gasteiger partial charge < -0.3 is 4.74 Å². The molecule has 0 aromatic heterocycles. The van der Waals surface area contributed by atoms with Crippen molar-refractivity contribution in [3.63, 3.8) is 0 Å². The highest BCUT2D eigenvalue weighted by Crippen LogP contribution is 2.31. The van der Waals surface area contributed by atoms with Crippen LogP contribution in [0.15, 0.2) is 36.4 Å². The molecule has 10 heteroatoms. The van der Waals surface area contributed by atoms with E-state index in [2.05, 4.69) is 4.74 Å². The number of carbonyl (C=O) groups excluding carboxylic acids is 2. The van der Waals surface area contributed by atoms with E-state index in [0.29, 0.717) is 0 Å². The lowest BCUT2D eigenvalue weighted by atomic mass is 10.0. The zero-order valence-electron chi connectivity index (χ0n) is 12.0. The Morgan fingerprint density at radius 1 is 1.04 bits per heavy atom. The molecule has 0 aliphatic carbocycles. The predicted octanol–water partition coefficient (Wildman–Crippen LogP) is 4.92. The molecular formula is C15H7ClF5NO3. The van der Waals surface area contributed by atoms with E-state index in [0.717, 1.165) is 18.2 Å². The van der Waals surface area contributed by atoms with Crippen LogP contribution in [0.4, 0.5) is 32.4 Å². The summed E-state index contributed by atoms with van der Waals surface area (Å²) in [5.74, 6) is -4.28. The van der Waals surface area contributed by atoms with Gasteiger partial charge in [0.1, 0.15) is 11.6 Å². The molecule has 0 fully saturated rings. The molecule has 0 radical (unpaired) electrons. The van der Waals surface area contributed by atoms with Crippen molar-refractivity contribution in [1.82, 2.24) is 0 Å². The molecule has 0 atom stereocenters. The number of nitrogens with one attached hydrogen (secondary N) is 1. The van der Waals surface area contributed by atoms with Crippen LogP contribution in [0.5, 0.6) is 0 Å². The van der Waals surface area contributed by atoms with E-state index < -0.39 is 29.9 Å². The summed E-state index contributed by atoms with van der Waals surface area (Å²) in [5, 5.41) is 1.57. The smallest absolute Gasteiger partial charge is 0.369 e. The van der Waals surface area contributed by atoms with E-state index in [-0.39, 0.29) is 21.8 Å². The second-order valence-corrected chi connectivity index (χ2v) is 5.03. The Morgan fingerprint density at radius 2 is 1.72 bits per heavy atom. The SMILES string of the molecule is O=C(Nc1cc(F)ccc1-c1ccc(F)c(Cl)c1)OC(=O)C(F)(F)F. The topological polar surface area (TPSA) is 55.4 Å². The maximum absolute atomic E-state index is 13.4. The predicted molar refractivity (Wildman–Crippen MR) is 78.0 cm³/mol. The van der Waals surface area contributed by atoms with Gasteiger partial charge in [0.15, 0.2) is 0 Å². The van der Waals surface area contributed by atoms with Crippen molar-refractivity contribution in [3.05, 3.63) is 53.1 Å². The number of alkyl halides is 3. The van der Waals surface area contributed by atoms with Crippen LogP contribution in [0.25, 0.3) is 11.1 Å². The van der Waals surface area contributed by atoms with Gasteiger partial charge in [-0.2, -0.15) is 13.2 Å². The molecule has 0 aliphatic rings. The minimum atomic E-state index is -5.37. The highest BCUT2D eigenvalue weighted by molar-refractivity contribution is 6.31. The Kier molecular flexibility index (Phi) is 5.27. The second kappa shape index (κ2) is 7.06. The lowest BCUT2D eigenvalue weighted by molar-refractivity contribution is -0.192. The molecule has 4 nitrogen and oxygen atoms in total. The summed E-state index contributed by atoms with van der Waals surface area (Å²) < 4.78 is 66.4. The molecule has 2 rings (SSSR count). The molecule has 0 saturated heterocycles. The third-order valence-electron chi connectivity index (χ3n) is 2.87. The number of halogens is 6. The van der Waals surface area contributed by atoms with Crippen LogP contribution < -0.4 is 5.32 Å². The minimum absolute atomic E-state index is 0.111. The number of hydrogen-bond donors (Lipinski definition) is 1. The Labute approximate surface area is 142 Å². The molecule has 1 amide bonds. The van der Waals surface area contributed by atoms with E-state index in [4.69, 9.17) is 11.6 Å². The van der Waals surface area contributed by atoms with Crippen molar-refractivity contribution < 1.29 is 36.3 Å². The van der Waals surface area contributed by atoms with Crippen molar-refractivity contribution in [2.24, 2.45) is 0 Å². The molecule has 1 N–H and O–H groups in total. The fourth-order valence-corrected chi connectivity index (χ4v) is 1.99. The van der Waals surface area contributed by atoms with Gasteiger partial charge >= 0.3 is 18.2 Å². The molecule has 132 valence electrons. The summed E-state index contributed by atoms with van der Waals surface area (Å²) in [6.07, 6.45) is -7.13. The van der Waals surface area contributed by atoms with Crippen LogP contribution in [-0.4, -0.2) is 18.2 Å². The Morgan fingerprint density at radius 3 is 2.32 bits per heavy atom. The van der Waals surface area contributed by atoms with E-state index in [1.807, 2.05) is 5.32 Å². The van der Waals surface area contributed by atoms with Crippen molar-refractivity contribution >= 4 is 29.4 Å². The van der Waals surface area contributed by atoms with Gasteiger partial charge in [-0.25, -0.2) is 18.4 Å². The summed E-state index contributed by atoms with van der Waals surface area (Å²) >= 11 is 5.64. The number of hydrogen-bond acceptors (Lipinski definition) is 3. The fourth-order valence-electron chi connectivity index (χ4n) is 1.81. The van der Waals surface area contributed by atoms with Crippen LogP contribution in [0, 0.1) is 11.6 Å². The van der Waals surface area contributed by atoms with Crippen molar-refractivity contribution in [1.29, 1.82) is 0 Å². The van der Waals surface area contributed by atoms with E-state index in [1.54, 1.807) is 0 Å². The molecule has 2 aromatic carbocycles. The van der Waals surface area contributed by atoms with Crippen LogP contribution in [-0.2, 0) is 9.53 Å². The average molecular weight is 380 g/mol. The van der Waals surface area contributed by atoms with Gasteiger partial charge in [0.05, 0.1) is 10.7 Å². The maximum Gasteiger partial charge on any atom is 0.491 e. The maximum atomic E-state index is 13.4. The summed E-state index contributed by atoms with van der Waals surface area (Å²) in [6.45, 7) is 0. The first-order valence-electron chi connectivity index (χ1n) is 6.43. The number of ether oxygens (including phenoxy) is 1. The quantitative estimate of drug-likeness (QED) is 0.457. The summed E-state index contributed by atoms with van der Waals surface area (Å²) in [6, 6.07) is 6.40. The number of rotatable bonds is 2. The van der Waals surface area contributed by atoms with Gasteiger partial charge in [-0.05, 0) is 35.9 Å². The van der Waals surface area contributed by atoms with Gasteiger partial charge in [0.25, 0.3) is 0 Å². The van der Waals surface area contributed by atoms with Gasteiger partial charge in [-0.3, -0.25) is 5.32 Å². The van der Waals surface area contributed by atoms with Crippen molar-refractivity contribution in [3.8, 4) is 11.1 Å². The molecule has 0 unspecified atom stereocenters. The van der Waals surface area contributed by atoms with Crippen LogP contribution >= 0.6 is 11.6 Å². The number of esters is 1. The average Bonchev–Trinajstić information content (AvgIpc) is 2.49. The Balaban J connectivity index is 2.31. The molecule has 0 spiro atoms. The Bertz CT molecular complexity index is 838. The first-order valence-corrected chi connectivity index (χ1v) is 6.80. The molecule has 0 bridgehead atoms. The van der Waals surface area contributed by atoms with Crippen LogP contribution in [0.2, 0.25) is 5.02 Å². The Hall–Kier alpha value is -2.68. The minimum Gasteiger partial charge on any atom is -0.369 e. The monoisotopic (exact) mass is 379 g/mol. The zero-order chi connectivity index (χ0) is 18.8. The highest BCUT2D eigenvalue weighted by Gasteiger charge is 2.42. The largest absolute Gasteiger partial charge is 0.491 e. The summed E-state index contributed by atoms with van der Waals surface area (Å²) in [4.78, 5) is 22.1. The number of carbonyl (C=O) groups is 2. The molecule has 2 aromatic rings. The lowest BCUT2D eigenvalue weighted by Gasteiger charge is -2.12. The zero-order valence-corrected chi connectivity index (χ0v) is 12.7. The van der Waals surface area contributed by atoms with Crippen molar-refractivity contribution in [2.75, 3.05) is 5.32 Å². The summed E-state index contributed by atoms with van der Waals surface area (Å²) in [7, 11) is 0. The molecule has 25 heavy (non-hydrogen) atoms. The highest BCUT2D eigenvalue weighted by atomic mass is 35.5. The van der Waals surface area contributed by atoms with E-state index >= 15 is 0 Å². The van der Waals surface area contributed by atoms with E-state index in [1.165, 1.54) is 18.2 Å². The van der Waals surface area contributed by atoms with Gasteiger partial charge in [-0.15, -0.1) is 0 Å². The third-order valence-corrected chi connectivity index (χ3v) is 3.16. The first-order chi connectivity index (χ1) is 11.6. The van der Waals surface area contributed by atoms with Gasteiger partial charge in [0, 0.05) is 5.56 Å². The molecule has 0 heterocycles. The lowest BCUT2D eigenvalue weighted by Crippen LogP contribution is -2.30. The standard InChI is InChI=1S/C15H7ClF5NO3/c16-10-5-7(1-4-11(10)18)9-3-2-8(17)6-12(9)22-14(24)25-13(23)15(19,20)21/h1-6H,(H,22,24).